The molecule has 0 saturated heterocycles. The lowest BCUT2D eigenvalue weighted by atomic mass is 10.1. The molecule has 6 heteroatoms. The second-order valence-corrected chi connectivity index (χ2v) is 5.72. The Labute approximate surface area is 106 Å². The van der Waals surface area contributed by atoms with E-state index in [1.807, 2.05) is 6.92 Å². The van der Waals surface area contributed by atoms with E-state index in [-0.39, 0.29) is 5.82 Å². The molecule has 0 amide bonds. The van der Waals surface area contributed by atoms with Crippen molar-refractivity contribution in [2.75, 3.05) is 0 Å². The Kier molecular flexibility index (Phi) is 3.20. The molecule has 0 bridgehead atoms. The van der Waals surface area contributed by atoms with Crippen LogP contribution in [0.4, 0.5) is 4.39 Å². The highest BCUT2D eigenvalue weighted by atomic mass is 127. The molecule has 2 rings (SSSR count). The van der Waals surface area contributed by atoms with Gasteiger partial charge in [-0.1, -0.05) is 11.6 Å². The van der Waals surface area contributed by atoms with Crippen LogP contribution in [0, 0.1) is 19.7 Å². The quantitative estimate of drug-likeness (QED) is 0.552. The molecule has 0 aliphatic heterocycles. The fourth-order valence-corrected chi connectivity index (χ4v) is 3.28. The first kappa shape index (κ1) is 11.6. The third kappa shape index (κ3) is 1.77. The number of rotatable bonds is 1. The molecule has 1 unspecified atom stereocenters. The van der Waals surface area contributed by atoms with Gasteiger partial charge in [-0.05, 0) is 42.0 Å². The summed E-state index contributed by atoms with van der Waals surface area (Å²) in [6.45, 7) is 3.49. The van der Waals surface area contributed by atoms with E-state index in [9.17, 15) is 4.39 Å². The number of benzene rings is 1. The van der Waals surface area contributed by atoms with Gasteiger partial charge < -0.3 is 0 Å². The molecule has 1 aromatic heterocycles. The fraction of sp³-hybridized carbons (Fsp3) is 0.222. The Morgan fingerprint density at radius 3 is 2.80 bits per heavy atom. The van der Waals surface area contributed by atoms with E-state index >= 15 is 0 Å². The zero-order chi connectivity index (χ0) is 11.2. The maximum atomic E-state index is 13.9. The summed E-state index contributed by atoms with van der Waals surface area (Å²) in [4.78, 5) is 0. The molecule has 2 aromatic rings. The molecular formula is C9H8ClFIN2P. The van der Waals surface area contributed by atoms with Gasteiger partial charge in [0.25, 0.3) is 0 Å². The average Bonchev–Trinajstić information content (AvgIpc) is 2.51. The molecule has 0 N–H and O–H groups in total. The summed E-state index contributed by atoms with van der Waals surface area (Å²) in [5.74, 6) is -0.254. The van der Waals surface area contributed by atoms with Gasteiger partial charge in [0.05, 0.1) is 23.0 Å². The summed E-state index contributed by atoms with van der Waals surface area (Å²) in [7, 11) is 0. The highest BCUT2D eigenvalue weighted by Gasteiger charge is 2.15. The maximum absolute atomic E-state index is 13.9. The number of nitrogens with zero attached hydrogens (tertiary/aromatic N) is 2. The number of aromatic nitrogens is 2. The Bertz CT molecular complexity index is 541. The molecule has 1 atom stereocenters. The molecule has 1 aromatic carbocycles. The highest BCUT2D eigenvalue weighted by Crippen LogP contribution is 2.34. The first-order valence-electron chi connectivity index (χ1n) is 4.27. The minimum Gasteiger partial charge on any atom is -0.237 e. The van der Waals surface area contributed by atoms with Crippen molar-refractivity contribution in [3.8, 4) is 0 Å². The topological polar surface area (TPSA) is 17.8 Å². The monoisotopic (exact) mass is 356 g/mol. The molecule has 80 valence electrons. The van der Waals surface area contributed by atoms with Crippen LogP contribution in [0.2, 0.25) is 5.02 Å². The van der Waals surface area contributed by atoms with Crippen LogP contribution in [0.3, 0.4) is 0 Å². The van der Waals surface area contributed by atoms with E-state index in [1.54, 1.807) is 17.4 Å². The van der Waals surface area contributed by atoms with Crippen molar-refractivity contribution in [1.29, 1.82) is 0 Å². The summed E-state index contributed by atoms with van der Waals surface area (Å²) >= 11 is 8.16. The van der Waals surface area contributed by atoms with Crippen LogP contribution in [0.15, 0.2) is 6.07 Å². The van der Waals surface area contributed by atoms with Crippen molar-refractivity contribution in [3.63, 3.8) is 0 Å². The predicted molar refractivity (Wildman–Crippen MR) is 71.9 cm³/mol. The van der Waals surface area contributed by atoms with Gasteiger partial charge in [-0.15, -0.1) is 0 Å². The standard InChI is InChI=1S/C9H8ClFIN2P/c1-4-6(10)3-7-8(9(4)11)5(2)13-14(7)15-12/h3,15H,1-2H3. The Hall–Kier alpha value is 0.0700. The van der Waals surface area contributed by atoms with Crippen LogP contribution in [-0.2, 0) is 0 Å². The highest BCUT2D eigenvalue weighted by molar-refractivity contribution is 14.2. The van der Waals surface area contributed by atoms with Crippen LogP contribution in [0.1, 0.15) is 11.3 Å². The molecule has 0 saturated carbocycles. The zero-order valence-electron chi connectivity index (χ0n) is 8.11. The van der Waals surface area contributed by atoms with Crippen molar-refractivity contribution in [1.82, 2.24) is 9.55 Å². The lowest BCUT2D eigenvalue weighted by molar-refractivity contribution is 0.630. The SMILES string of the molecule is Cc1c(Cl)cc2c(c(C)nn2PI)c1F. The van der Waals surface area contributed by atoms with Gasteiger partial charge in [0.15, 0.2) is 0 Å². The molecule has 0 spiro atoms. The molecule has 0 aliphatic rings. The smallest absolute Gasteiger partial charge is 0.138 e. The van der Waals surface area contributed by atoms with Crippen LogP contribution in [-0.4, -0.2) is 9.55 Å². The fourth-order valence-electron chi connectivity index (χ4n) is 1.53. The summed E-state index contributed by atoms with van der Waals surface area (Å²) in [6.07, 6.45) is 0.444. The number of hydrogen-bond acceptors (Lipinski definition) is 1. The molecule has 15 heavy (non-hydrogen) atoms. The van der Waals surface area contributed by atoms with Crippen LogP contribution >= 0.6 is 40.0 Å². The van der Waals surface area contributed by atoms with E-state index in [1.165, 1.54) is 0 Å². The molecule has 1 heterocycles. The van der Waals surface area contributed by atoms with Crippen molar-refractivity contribution in [2.45, 2.75) is 13.8 Å². The first-order chi connectivity index (χ1) is 7.06. The summed E-state index contributed by atoms with van der Waals surface area (Å²) < 4.78 is 15.7. The van der Waals surface area contributed by atoms with Gasteiger partial charge in [-0.3, -0.25) is 0 Å². The average molecular weight is 357 g/mol. The van der Waals surface area contributed by atoms with E-state index in [0.29, 0.717) is 28.0 Å². The second kappa shape index (κ2) is 4.15. The summed E-state index contributed by atoms with van der Waals surface area (Å²) in [6, 6.07) is 1.78. The molecule has 2 nitrogen and oxygen atoms in total. The third-order valence-corrected chi connectivity index (χ3v) is 4.61. The lowest BCUT2D eigenvalue weighted by Gasteiger charge is -2.03. The van der Waals surface area contributed by atoms with Gasteiger partial charge in [0.2, 0.25) is 0 Å². The number of fused-ring (bicyclic) bond motifs is 1. The van der Waals surface area contributed by atoms with Crippen molar-refractivity contribution >= 4 is 50.9 Å². The predicted octanol–water partition coefficient (Wildman–Crippen LogP) is 4.24. The second-order valence-electron chi connectivity index (χ2n) is 3.27. The maximum Gasteiger partial charge on any atom is 0.138 e. The van der Waals surface area contributed by atoms with E-state index < -0.39 is 0 Å². The van der Waals surface area contributed by atoms with Gasteiger partial charge in [0, 0.05) is 10.6 Å². The summed E-state index contributed by atoms with van der Waals surface area (Å²) in [5.41, 5.74) is 1.98. The Balaban J connectivity index is 2.94. The Morgan fingerprint density at radius 1 is 1.53 bits per heavy atom. The number of hydrogen-bond donors (Lipinski definition) is 0. The van der Waals surface area contributed by atoms with Crippen LogP contribution < -0.4 is 0 Å². The molecule has 0 radical (unpaired) electrons. The van der Waals surface area contributed by atoms with Gasteiger partial charge >= 0.3 is 0 Å². The van der Waals surface area contributed by atoms with Gasteiger partial charge in [-0.2, -0.15) is 5.10 Å². The van der Waals surface area contributed by atoms with Crippen LogP contribution in [0.25, 0.3) is 10.9 Å². The van der Waals surface area contributed by atoms with E-state index in [2.05, 4.69) is 27.1 Å². The van der Waals surface area contributed by atoms with Crippen molar-refractivity contribution < 1.29 is 4.39 Å². The van der Waals surface area contributed by atoms with Crippen LogP contribution in [0.5, 0.6) is 0 Å². The first-order valence-corrected chi connectivity index (χ1v) is 8.70. The minimum absolute atomic E-state index is 0.254. The van der Waals surface area contributed by atoms with E-state index in [4.69, 9.17) is 11.6 Å². The minimum atomic E-state index is -0.254. The molecular weight excluding hydrogens is 348 g/mol. The molecule has 0 aliphatic carbocycles. The summed E-state index contributed by atoms with van der Waals surface area (Å²) in [5, 5.41) is 5.31. The largest absolute Gasteiger partial charge is 0.237 e. The zero-order valence-corrected chi connectivity index (χ0v) is 12.0. The number of aryl methyl sites for hydroxylation is 1. The van der Waals surface area contributed by atoms with Crippen molar-refractivity contribution in [3.05, 3.63) is 28.2 Å². The van der Waals surface area contributed by atoms with Gasteiger partial charge in [0.1, 0.15) is 5.82 Å². The normalized spacial score (nSPS) is 12.1. The number of halogens is 3. The lowest BCUT2D eigenvalue weighted by Crippen LogP contribution is -1.87. The van der Waals surface area contributed by atoms with E-state index in [0.717, 1.165) is 5.52 Å². The van der Waals surface area contributed by atoms with Crippen molar-refractivity contribution in [2.24, 2.45) is 0 Å². The molecule has 0 fully saturated rings. The van der Waals surface area contributed by atoms with Gasteiger partial charge in [-0.25, -0.2) is 8.84 Å². The Morgan fingerprint density at radius 2 is 2.20 bits per heavy atom. The third-order valence-electron chi connectivity index (χ3n) is 2.35.